The third-order valence-electron chi connectivity index (χ3n) is 2.35. The molecule has 98 valence electrons. The number of hydrogen-bond donors (Lipinski definition) is 1. The third-order valence-corrected chi connectivity index (χ3v) is 4.61. The second-order valence-electron chi connectivity index (χ2n) is 4.08. The molecule has 0 aliphatic carbocycles. The summed E-state index contributed by atoms with van der Waals surface area (Å²) in [5.41, 5.74) is 0. The van der Waals surface area contributed by atoms with Crippen LogP contribution in [0, 0.1) is 6.92 Å². The van der Waals surface area contributed by atoms with Crippen LogP contribution < -0.4 is 0 Å². The van der Waals surface area contributed by atoms with Gasteiger partial charge in [0.05, 0.1) is 6.20 Å². The van der Waals surface area contributed by atoms with E-state index in [-0.39, 0.29) is 11.1 Å². The molecule has 1 aromatic heterocycles. The Bertz CT molecular complexity index is 456. The average molecular weight is 280 g/mol. The number of sulfonamides is 1. The Balaban J connectivity index is 3.00. The van der Waals surface area contributed by atoms with Gasteiger partial charge in [-0.2, -0.15) is 4.31 Å². The first-order valence-electron chi connectivity index (χ1n) is 5.49. The Morgan fingerprint density at radius 1 is 1.53 bits per heavy atom. The number of nitrogens with zero attached hydrogens (tertiary/aromatic N) is 2. The Morgan fingerprint density at radius 2 is 2.18 bits per heavy atom. The van der Waals surface area contributed by atoms with Gasteiger partial charge in [-0.15, -0.1) is 11.6 Å². The monoisotopic (exact) mass is 279 g/mol. The van der Waals surface area contributed by atoms with E-state index < -0.39 is 10.0 Å². The number of aryl methyl sites for hydroxylation is 1. The van der Waals surface area contributed by atoms with Crippen molar-refractivity contribution in [3.05, 3.63) is 12.0 Å². The molecule has 7 heteroatoms. The maximum absolute atomic E-state index is 12.3. The second kappa shape index (κ2) is 5.84. The predicted molar refractivity (Wildman–Crippen MR) is 67.7 cm³/mol. The molecule has 0 aliphatic heterocycles. The SMILES string of the molecule is Cc1ncc(S(=O)(=O)N(CCCCl)C(C)C)[nH]1. The molecule has 0 saturated carbocycles. The quantitative estimate of drug-likeness (QED) is 0.807. The summed E-state index contributed by atoms with van der Waals surface area (Å²) >= 11 is 5.61. The van der Waals surface area contributed by atoms with Crippen molar-refractivity contribution < 1.29 is 8.42 Å². The lowest BCUT2D eigenvalue weighted by Gasteiger charge is -2.24. The van der Waals surface area contributed by atoms with E-state index >= 15 is 0 Å². The number of halogens is 1. The van der Waals surface area contributed by atoms with Crippen LogP contribution in [0.15, 0.2) is 11.2 Å². The number of alkyl halides is 1. The molecule has 0 amide bonds. The maximum atomic E-state index is 12.3. The van der Waals surface area contributed by atoms with E-state index in [1.807, 2.05) is 13.8 Å². The van der Waals surface area contributed by atoms with E-state index in [2.05, 4.69) is 9.97 Å². The number of nitrogens with one attached hydrogen (secondary N) is 1. The molecule has 5 nitrogen and oxygen atoms in total. The van der Waals surface area contributed by atoms with Crippen LogP contribution in [0.2, 0.25) is 0 Å². The number of H-pyrrole nitrogens is 1. The van der Waals surface area contributed by atoms with Crippen LogP contribution in [-0.4, -0.2) is 41.2 Å². The van der Waals surface area contributed by atoms with Gasteiger partial charge in [-0.1, -0.05) is 0 Å². The van der Waals surface area contributed by atoms with Gasteiger partial charge in [0.15, 0.2) is 5.03 Å². The van der Waals surface area contributed by atoms with Gasteiger partial charge >= 0.3 is 0 Å². The summed E-state index contributed by atoms with van der Waals surface area (Å²) in [5.74, 6) is 1.03. The zero-order valence-electron chi connectivity index (χ0n) is 10.3. The predicted octanol–water partition coefficient (Wildman–Crippen LogP) is 1.75. The van der Waals surface area contributed by atoms with Gasteiger partial charge in [-0.3, -0.25) is 0 Å². The molecule has 1 N–H and O–H groups in total. The molecule has 1 heterocycles. The Hall–Kier alpha value is -0.590. The number of rotatable bonds is 6. The molecule has 0 fully saturated rings. The van der Waals surface area contributed by atoms with Crippen LogP contribution in [0.4, 0.5) is 0 Å². The Morgan fingerprint density at radius 3 is 2.59 bits per heavy atom. The minimum atomic E-state index is -3.50. The molecular formula is C10H18ClN3O2S. The number of imidazole rings is 1. The second-order valence-corrected chi connectivity index (χ2v) is 6.32. The average Bonchev–Trinajstić information content (AvgIpc) is 2.65. The first-order valence-corrected chi connectivity index (χ1v) is 7.46. The fourth-order valence-corrected chi connectivity index (χ4v) is 3.29. The summed E-state index contributed by atoms with van der Waals surface area (Å²) < 4.78 is 26.0. The number of hydrogen-bond acceptors (Lipinski definition) is 3. The molecule has 0 atom stereocenters. The molecule has 17 heavy (non-hydrogen) atoms. The van der Waals surface area contributed by atoms with Crippen molar-refractivity contribution in [1.82, 2.24) is 14.3 Å². The largest absolute Gasteiger partial charge is 0.332 e. The first-order chi connectivity index (χ1) is 7.89. The van der Waals surface area contributed by atoms with Crippen molar-refractivity contribution in [2.45, 2.75) is 38.3 Å². The van der Waals surface area contributed by atoms with Crippen molar-refractivity contribution in [2.75, 3.05) is 12.4 Å². The van der Waals surface area contributed by atoms with Crippen molar-refractivity contribution in [2.24, 2.45) is 0 Å². The number of aromatic nitrogens is 2. The molecule has 0 aromatic carbocycles. The van der Waals surface area contributed by atoms with Crippen LogP contribution >= 0.6 is 11.6 Å². The fourth-order valence-electron chi connectivity index (χ4n) is 1.53. The van der Waals surface area contributed by atoms with Crippen LogP contribution in [0.3, 0.4) is 0 Å². The summed E-state index contributed by atoms with van der Waals surface area (Å²) in [6.45, 7) is 5.82. The lowest BCUT2D eigenvalue weighted by molar-refractivity contribution is 0.353. The summed E-state index contributed by atoms with van der Waals surface area (Å²) in [7, 11) is -3.50. The zero-order chi connectivity index (χ0) is 13.1. The van der Waals surface area contributed by atoms with E-state index in [0.29, 0.717) is 24.7 Å². The topological polar surface area (TPSA) is 66.1 Å². The molecular weight excluding hydrogens is 262 g/mol. The Labute approximate surface area is 107 Å². The number of aromatic amines is 1. The van der Waals surface area contributed by atoms with Gasteiger partial charge < -0.3 is 4.98 Å². The zero-order valence-corrected chi connectivity index (χ0v) is 11.8. The standard InChI is InChI=1S/C10H18ClN3O2S/c1-8(2)14(6-4-5-11)17(15,16)10-7-12-9(3)13-10/h7-8H,4-6H2,1-3H3,(H,12,13). The van der Waals surface area contributed by atoms with E-state index in [1.54, 1.807) is 6.92 Å². The summed E-state index contributed by atoms with van der Waals surface area (Å²) in [5, 5.41) is 0.137. The van der Waals surface area contributed by atoms with Crippen LogP contribution in [0.5, 0.6) is 0 Å². The molecule has 1 rings (SSSR count). The van der Waals surface area contributed by atoms with Gasteiger partial charge in [0.2, 0.25) is 0 Å². The summed E-state index contributed by atoms with van der Waals surface area (Å²) in [4.78, 5) is 6.67. The van der Waals surface area contributed by atoms with Crippen molar-refractivity contribution in [3.63, 3.8) is 0 Å². The van der Waals surface area contributed by atoms with Gasteiger partial charge in [0, 0.05) is 18.5 Å². The molecule has 0 radical (unpaired) electrons. The van der Waals surface area contributed by atoms with E-state index in [4.69, 9.17) is 11.6 Å². The van der Waals surface area contributed by atoms with Crippen LogP contribution in [0.25, 0.3) is 0 Å². The Kier molecular flexibility index (Phi) is 4.97. The van der Waals surface area contributed by atoms with E-state index in [1.165, 1.54) is 10.5 Å². The minimum absolute atomic E-state index is 0.105. The van der Waals surface area contributed by atoms with Crippen molar-refractivity contribution in [1.29, 1.82) is 0 Å². The van der Waals surface area contributed by atoms with Gasteiger partial charge in [0.25, 0.3) is 10.0 Å². The van der Waals surface area contributed by atoms with Gasteiger partial charge in [-0.05, 0) is 27.2 Å². The normalized spacial score (nSPS) is 12.6. The summed E-state index contributed by atoms with van der Waals surface area (Å²) in [6.07, 6.45) is 1.98. The third kappa shape index (κ3) is 3.43. The molecule has 0 unspecified atom stereocenters. The van der Waals surface area contributed by atoms with E-state index in [9.17, 15) is 8.42 Å². The minimum Gasteiger partial charge on any atom is -0.332 e. The molecule has 0 aliphatic rings. The van der Waals surface area contributed by atoms with Crippen molar-refractivity contribution >= 4 is 21.6 Å². The molecule has 1 aromatic rings. The molecule has 0 spiro atoms. The lowest BCUT2D eigenvalue weighted by Crippen LogP contribution is -2.38. The summed E-state index contributed by atoms with van der Waals surface area (Å²) in [6, 6.07) is -0.105. The van der Waals surface area contributed by atoms with E-state index in [0.717, 1.165) is 0 Å². The van der Waals surface area contributed by atoms with Crippen LogP contribution in [0.1, 0.15) is 26.1 Å². The lowest BCUT2D eigenvalue weighted by atomic mass is 10.4. The highest BCUT2D eigenvalue weighted by Crippen LogP contribution is 2.16. The molecule has 0 bridgehead atoms. The van der Waals surface area contributed by atoms with Gasteiger partial charge in [0.1, 0.15) is 5.82 Å². The maximum Gasteiger partial charge on any atom is 0.260 e. The molecule has 0 saturated heterocycles. The van der Waals surface area contributed by atoms with Crippen molar-refractivity contribution in [3.8, 4) is 0 Å². The smallest absolute Gasteiger partial charge is 0.260 e. The highest BCUT2D eigenvalue weighted by atomic mass is 35.5. The fraction of sp³-hybridized carbons (Fsp3) is 0.700. The van der Waals surface area contributed by atoms with Crippen LogP contribution in [-0.2, 0) is 10.0 Å². The highest BCUT2D eigenvalue weighted by molar-refractivity contribution is 7.89. The van der Waals surface area contributed by atoms with Gasteiger partial charge in [-0.25, -0.2) is 13.4 Å². The first kappa shape index (κ1) is 14.5. The highest BCUT2D eigenvalue weighted by Gasteiger charge is 2.27.